The minimum Gasteiger partial charge on any atom is -0.497 e. The van der Waals surface area contributed by atoms with Crippen molar-refractivity contribution in [3.63, 3.8) is 0 Å². The van der Waals surface area contributed by atoms with Crippen LogP contribution >= 0.6 is 0 Å². The Labute approximate surface area is 146 Å². The number of fused-ring (bicyclic) bond motifs is 1. The first-order valence-corrected chi connectivity index (χ1v) is 8.33. The summed E-state index contributed by atoms with van der Waals surface area (Å²) in [6.45, 7) is 1.31. The molecule has 1 aromatic carbocycles. The fourth-order valence-electron chi connectivity index (χ4n) is 2.91. The number of methoxy groups -OCH3 is 1. The summed E-state index contributed by atoms with van der Waals surface area (Å²) in [6.07, 6.45) is 3.45. The number of hydrogen-bond donors (Lipinski definition) is 0. The topological polar surface area (TPSA) is 57.1 Å². The van der Waals surface area contributed by atoms with Crippen LogP contribution in [0.3, 0.4) is 0 Å². The lowest BCUT2D eigenvalue weighted by molar-refractivity contribution is 0.109. The number of rotatable bonds is 4. The summed E-state index contributed by atoms with van der Waals surface area (Å²) in [7, 11) is 1.67. The lowest BCUT2D eigenvalue weighted by Crippen LogP contribution is -2.13. The maximum Gasteiger partial charge on any atom is 0.178 e. The Morgan fingerprint density at radius 1 is 1.08 bits per heavy atom. The highest BCUT2D eigenvalue weighted by molar-refractivity contribution is 5.50. The van der Waals surface area contributed by atoms with Gasteiger partial charge in [-0.15, -0.1) is 0 Å². The second kappa shape index (κ2) is 6.99. The minimum absolute atomic E-state index is 0.598. The molecule has 0 atom stereocenters. The Balaban J connectivity index is 1.58. The van der Waals surface area contributed by atoms with Gasteiger partial charge in [0.15, 0.2) is 5.82 Å². The van der Waals surface area contributed by atoms with Crippen LogP contribution in [0.5, 0.6) is 5.75 Å². The average molecular weight is 333 g/mol. The Hall–Kier alpha value is -2.79. The molecule has 1 aliphatic heterocycles. The Bertz CT molecular complexity index is 878. The summed E-state index contributed by atoms with van der Waals surface area (Å²) >= 11 is 0. The third kappa shape index (κ3) is 3.51. The first-order chi connectivity index (χ1) is 12.3. The number of benzene rings is 1. The van der Waals surface area contributed by atoms with Crippen LogP contribution < -0.4 is 4.74 Å². The highest BCUT2D eigenvalue weighted by atomic mass is 16.5. The molecule has 0 saturated carbocycles. The van der Waals surface area contributed by atoms with Gasteiger partial charge in [0.1, 0.15) is 11.4 Å². The van der Waals surface area contributed by atoms with Crippen LogP contribution in [0, 0.1) is 0 Å². The zero-order chi connectivity index (χ0) is 17.1. The van der Waals surface area contributed by atoms with Crippen molar-refractivity contribution in [1.82, 2.24) is 15.0 Å². The monoisotopic (exact) mass is 333 g/mol. The van der Waals surface area contributed by atoms with Gasteiger partial charge in [-0.1, -0.05) is 18.2 Å². The quantitative estimate of drug-likeness (QED) is 0.734. The Kier molecular flexibility index (Phi) is 4.39. The van der Waals surface area contributed by atoms with E-state index in [1.165, 1.54) is 5.56 Å². The van der Waals surface area contributed by atoms with Gasteiger partial charge in [0.05, 0.1) is 26.0 Å². The standard InChI is InChI=1S/C20H19N3O2/c1-24-17-7-5-14(6-8-17)11-16-3-2-4-19(22-16)20-21-12-15-13-25-10-9-18(15)23-20/h2-8,12H,9-11,13H2,1H3. The van der Waals surface area contributed by atoms with Crippen LogP contribution in [0.25, 0.3) is 11.5 Å². The lowest BCUT2D eigenvalue weighted by atomic mass is 10.1. The van der Waals surface area contributed by atoms with Gasteiger partial charge in [-0.2, -0.15) is 0 Å². The third-order valence-corrected chi connectivity index (χ3v) is 4.28. The average Bonchev–Trinajstić information content (AvgIpc) is 2.68. The summed E-state index contributed by atoms with van der Waals surface area (Å²) in [5, 5.41) is 0. The van der Waals surface area contributed by atoms with Crippen LogP contribution in [-0.4, -0.2) is 28.7 Å². The molecule has 0 aliphatic carbocycles. The van der Waals surface area contributed by atoms with E-state index in [0.717, 1.165) is 41.2 Å². The van der Waals surface area contributed by atoms with Crippen molar-refractivity contribution in [3.05, 3.63) is 71.2 Å². The van der Waals surface area contributed by atoms with Crippen molar-refractivity contribution >= 4 is 0 Å². The zero-order valence-corrected chi connectivity index (χ0v) is 14.1. The largest absolute Gasteiger partial charge is 0.497 e. The molecular formula is C20H19N3O2. The molecule has 126 valence electrons. The normalized spacial score (nSPS) is 13.3. The van der Waals surface area contributed by atoms with E-state index in [2.05, 4.69) is 22.1 Å². The summed E-state index contributed by atoms with van der Waals surface area (Å²) < 4.78 is 10.6. The van der Waals surface area contributed by atoms with Crippen LogP contribution in [0.15, 0.2) is 48.7 Å². The van der Waals surface area contributed by atoms with Gasteiger partial charge < -0.3 is 9.47 Å². The molecule has 1 aliphatic rings. The third-order valence-electron chi connectivity index (χ3n) is 4.28. The highest BCUT2D eigenvalue weighted by Crippen LogP contribution is 2.20. The van der Waals surface area contributed by atoms with E-state index in [1.54, 1.807) is 7.11 Å². The maximum absolute atomic E-state index is 5.44. The molecule has 0 unspecified atom stereocenters. The zero-order valence-electron chi connectivity index (χ0n) is 14.1. The van der Waals surface area contributed by atoms with Gasteiger partial charge in [-0.05, 0) is 29.8 Å². The van der Waals surface area contributed by atoms with Crippen molar-refractivity contribution in [2.45, 2.75) is 19.4 Å². The lowest BCUT2D eigenvalue weighted by Gasteiger charge is -2.15. The van der Waals surface area contributed by atoms with E-state index in [-0.39, 0.29) is 0 Å². The van der Waals surface area contributed by atoms with Crippen LogP contribution in [0.1, 0.15) is 22.5 Å². The predicted molar refractivity (Wildman–Crippen MR) is 94.4 cm³/mol. The predicted octanol–water partition coefficient (Wildman–Crippen LogP) is 3.21. The first-order valence-electron chi connectivity index (χ1n) is 8.33. The molecule has 0 fully saturated rings. The molecule has 0 amide bonds. The smallest absolute Gasteiger partial charge is 0.178 e. The molecule has 4 rings (SSSR count). The van der Waals surface area contributed by atoms with E-state index in [4.69, 9.17) is 14.5 Å². The van der Waals surface area contributed by atoms with E-state index in [0.29, 0.717) is 19.0 Å². The molecule has 2 aromatic heterocycles. The van der Waals surface area contributed by atoms with Gasteiger partial charge in [0, 0.05) is 30.3 Å². The molecule has 0 radical (unpaired) electrons. The first kappa shape index (κ1) is 15.7. The molecule has 5 nitrogen and oxygen atoms in total. The summed E-state index contributed by atoms with van der Waals surface area (Å²) in [5.41, 5.74) is 5.13. The molecule has 0 saturated heterocycles. The van der Waals surface area contributed by atoms with Crippen molar-refractivity contribution in [2.24, 2.45) is 0 Å². The van der Waals surface area contributed by atoms with Gasteiger partial charge >= 0.3 is 0 Å². The summed E-state index contributed by atoms with van der Waals surface area (Å²) in [6, 6.07) is 14.0. The van der Waals surface area contributed by atoms with Crippen molar-refractivity contribution in [1.29, 1.82) is 0 Å². The maximum atomic E-state index is 5.44. The minimum atomic E-state index is 0.598. The summed E-state index contributed by atoms with van der Waals surface area (Å²) in [5.74, 6) is 1.54. The van der Waals surface area contributed by atoms with Crippen LogP contribution in [-0.2, 0) is 24.2 Å². The SMILES string of the molecule is COc1ccc(Cc2cccc(-c3ncc4c(n3)CCOC4)n2)cc1. The fourth-order valence-corrected chi connectivity index (χ4v) is 2.91. The Morgan fingerprint density at radius 2 is 1.96 bits per heavy atom. The number of pyridine rings is 1. The van der Waals surface area contributed by atoms with Crippen molar-refractivity contribution in [2.75, 3.05) is 13.7 Å². The fraction of sp³-hybridized carbons (Fsp3) is 0.250. The van der Waals surface area contributed by atoms with E-state index in [1.807, 2.05) is 36.5 Å². The van der Waals surface area contributed by atoms with Crippen LogP contribution in [0.2, 0.25) is 0 Å². The van der Waals surface area contributed by atoms with Crippen molar-refractivity contribution < 1.29 is 9.47 Å². The number of hydrogen-bond acceptors (Lipinski definition) is 5. The number of ether oxygens (including phenoxy) is 2. The van der Waals surface area contributed by atoms with Gasteiger partial charge in [-0.25, -0.2) is 15.0 Å². The van der Waals surface area contributed by atoms with E-state index < -0.39 is 0 Å². The Morgan fingerprint density at radius 3 is 2.80 bits per heavy atom. The summed E-state index contributed by atoms with van der Waals surface area (Å²) in [4.78, 5) is 13.9. The van der Waals surface area contributed by atoms with Crippen LogP contribution in [0.4, 0.5) is 0 Å². The number of aromatic nitrogens is 3. The molecule has 0 N–H and O–H groups in total. The molecular weight excluding hydrogens is 314 g/mol. The number of nitrogens with zero attached hydrogens (tertiary/aromatic N) is 3. The van der Waals surface area contributed by atoms with E-state index in [9.17, 15) is 0 Å². The second-order valence-corrected chi connectivity index (χ2v) is 6.01. The van der Waals surface area contributed by atoms with E-state index >= 15 is 0 Å². The molecule has 0 bridgehead atoms. The van der Waals surface area contributed by atoms with Crippen molar-refractivity contribution in [3.8, 4) is 17.3 Å². The molecule has 3 aromatic rings. The van der Waals surface area contributed by atoms with Gasteiger partial charge in [0.25, 0.3) is 0 Å². The molecule has 5 heteroatoms. The van der Waals surface area contributed by atoms with Gasteiger partial charge in [-0.3, -0.25) is 0 Å². The van der Waals surface area contributed by atoms with Gasteiger partial charge in [0.2, 0.25) is 0 Å². The molecule has 0 spiro atoms. The molecule has 25 heavy (non-hydrogen) atoms. The highest BCUT2D eigenvalue weighted by Gasteiger charge is 2.14. The molecule has 3 heterocycles. The second-order valence-electron chi connectivity index (χ2n) is 6.01.